The number of carboxylic acid groups (broad SMARTS) is 1. The van der Waals surface area contributed by atoms with E-state index in [-0.39, 0.29) is 17.5 Å². The number of hydrogen-bond donors (Lipinski definition) is 2. The molecule has 1 aromatic rings. The number of nitrogens with one attached hydrogen (secondary N) is 1. The Balaban J connectivity index is 2.42. The fourth-order valence-electron chi connectivity index (χ4n) is 2.02. The number of amides is 1. The first-order valence-corrected chi connectivity index (χ1v) is 6.26. The summed E-state index contributed by atoms with van der Waals surface area (Å²) >= 11 is 0. The highest BCUT2D eigenvalue weighted by Gasteiger charge is 2.30. The number of anilines is 1. The lowest BCUT2D eigenvalue weighted by Gasteiger charge is -2.14. The molecule has 1 aromatic carbocycles. The van der Waals surface area contributed by atoms with Crippen LogP contribution in [0.3, 0.4) is 0 Å². The third kappa shape index (κ3) is 2.50. The molecule has 0 saturated heterocycles. The second-order valence-corrected chi connectivity index (χ2v) is 4.65. The van der Waals surface area contributed by atoms with Crippen molar-refractivity contribution < 1.29 is 14.7 Å². The molecule has 0 aliphatic carbocycles. The van der Waals surface area contributed by atoms with Crippen LogP contribution in [0.2, 0.25) is 0 Å². The highest BCUT2D eigenvalue weighted by molar-refractivity contribution is 6.53. The van der Waals surface area contributed by atoms with Crippen molar-refractivity contribution in [3.05, 3.63) is 29.8 Å². The van der Waals surface area contributed by atoms with Gasteiger partial charge in [0.25, 0.3) is 5.91 Å². The summed E-state index contributed by atoms with van der Waals surface area (Å²) in [6, 6.07) is 6.26. The van der Waals surface area contributed by atoms with Gasteiger partial charge in [-0.3, -0.25) is 9.79 Å². The van der Waals surface area contributed by atoms with Gasteiger partial charge in [-0.2, -0.15) is 0 Å². The maximum absolute atomic E-state index is 11.9. The van der Waals surface area contributed by atoms with Crippen molar-refractivity contribution in [3.63, 3.8) is 0 Å². The molecule has 0 saturated carbocycles. The largest absolute Gasteiger partial charge is 0.480 e. The molecule has 1 amide bonds. The molecule has 0 spiro atoms. The summed E-state index contributed by atoms with van der Waals surface area (Å²) in [4.78, 5) is 27.3. The van der Waals surface area contributed by atoms with E-state index < -0.39 is 12.0 Å². The number of hydrogen-bond acceptors (Lipinski definition) is 3. The lowest BCUT2D eigenvalue weighted by atomic mass is 9.99. The van der Waals surface area contributed by atoms with Crippen LogP contribution in [0.25, 0.3) is 0 Å². The molecule has 1 aliphatic heterocycles. The molecule has 0 bridgehead atoms. The summed E-state index contributed by atoms with van der Waals surface area (Å²) in [5.41, 5.74) is 1.56. The van der Waals surface area contributed by atoms with E-state index in [2.05, 4.69) is 10.3 Å². The van der Waals surface area contributed by atoms with Crippen molar-refractivity contribution in [1.29, 1.82) is 0 Å². The monoisotopic (exact) mass is 260 g/mol. The molecule has 1 aliphatic rings. The summed E-state index contributed by atoms with van der Waals surface area (Å²) in [7, 11) is 0. The first kappa shape index (κ1) is 13.3. The number of para-hydroxylation sites is 1. The van der Waals surface area contributed by atoms with Crippen molar-refractivity contribution in [1.82, 2.24) is 0 Å². The van der Waals surface area contributed by atoms with Gasteiger partial charge in [-0.25, -0.2) is 4.79 Å². The summed E-state index contributed by atoms with van der Waals surface area (Å²) in [5.74, 6) is -1.46. The Bertz CT molecular complexity index is 551. The van der Waals surface area contributed by atoms with Crippen LogP contribution in [0.15, 0.2) is 29.3 Å². The minimum atomic E-state index is -1.00. The minimum Gasteiger partial charge on any atom is -0.480 e. The molecule has 5 nitrogen and oxygen atoms in total. The van der Waals surface area contributed by atoms with Gasteiger partial charge in [-0.05, 0) is 12.0 Å². The fraction of sp³-hybridized carbons (Fsp3) is 0.357. The highest BCUT2D eigenvalue weighted by Crippen LogP contribution is 2.24. The Morgan fingerprint density at radius 2 is 2.11 bits per heavy atom. The summed E-state index contributed by atoms with van der Waals surface area (Å²) in [6.07, 6.45) is 0.691. The average molecular weight is 260 g/mol. The van der Waals surface area contributed by atoms with Gasteiger partial charge in [-0.1, -0.05) is 38.5 Å². The Labute approximate surface area is 111 Å². The number of fused-ring (bicyclic) bond motifs is 1. The van der Waals surface area contributed by atoms with Crippen molar-refractivity contribution in [2.75, 3.05) is 5.32 Å². The number of benzene rings is 1. The van der Waals surface area contributed by atoms with Gasteiger partial charge in [-0.15, -0.1) is 0 Å². The van der Waals surface area contributed by atoms with Crippen molar-refractivity contribution in [3.8, 4) is 0 Å². The van der Waals surface area contributed by atoms with Crippen LogP contribution in [0.4, 0.5) is 5.69 Å². The number of carbonyl (C=O) groups is 2. The molecule has 19 heavy (non-hydrogen) atoms. The lowest BCUT2D eigenvalue weighted by Crippen LogP contribution is -2.28. The zero-order valence-corrected chi connectivity index (χ0v) is 10.9. The van der Waals surface area contributed by atoms with Gasteiger partial charge in [0.15, 0.2) is 6.04 Å². The van der Waals surface area contributed by atoms with E-state index in [9.17, 15) is 14.7 Å². The van der Waals surface area contributed by atoms with E-state index in [4.69, 9.17) is 0 Å². The maximum atomic E-state index is 11.9. The molecular formula is C14H16N2O3. The van der Waals surface area contributed by atoms with Crippen LogP contribution in [0, 0.1) is 5.92 Å². The quantitative estimate of drug-likeness (QED) is 0.868. The van der Waals surface area contributed by atoms with Crippen molar-refractivity contribution in [2.24, 2.45) is 10.9 Å². The van der Waals surface area contributed by atoms with E-state index in [0.29, 0.717) is 17.7 Å². The van der Waals surface area contributed by atoms with E-state index in [0.717, 1.165) is 0 Å². The zero-order valence-electron chi connectivity index (χ0n) is 10.9. The first-order chi connectivity index (χ1) is 9.04. The number of aliphatic carboxylic acids is 1. The number of aliphatic imine (C=N–C) groups is 1. The zero-order chi connectivity index (χ0) is 14.0. The molecule has 2 rings (SSSR count). The van der Waals surface area contributed by atoms with E-state index in [1.807, 2.05) is 19.9 Å². The van der Waals surface area contributed by atoms with Gasteiger partial charge in [0.05, 0.1) is 5.69 Å². The average Bonchev–Trinajstić information content (AvgIpc) is 2.70. The van der Waals surface area contributed by atoms with E-state index in [1.165, 1.54) is 0 Å². The topological polar surface area (TPSA) is 78.8 Å². The Morgan fingerprint density at radius 3 is 2.74 bits per heavy atom. The van der Waals surface area contributed by atoms with Crippen molar-refractivity contribution >= 4 is 23.3 Å². The maximum Gasteiger partial charge on any atom is 0.328 e. The molecule has 0 aromatic heterocycles. The second kappa shape index (κ2) is 5.22. The van der Waals surface area contributed by atoms with Crippen LogP contribution in [-0.4, -0.2) is 28.7 Å². The van der Waals surface area contributed by atoms with Crippen molar-refractivity contribution in [2.45, 2.75) is 26.3 Å². The molecule has 2 N–H and O–H groups in total. The van der Waals surface area contributed by atoms with Gasteiger partial charge in [0.2, 0.25) is 0 Å². The Kier molecular flexibility index (Phi) is 3.64. The van der Waals surface area contributed by atoms with Crippen LogP contribution in [0.5, 0.6) is 0 Å². The molecular weight excluding hydrogens is 244 g/mol. The molecule has 2 unspecified atom stereocenters. The molecule has 100 valence electrons. The lowest BCUT2D eigenvalue weighted by molar-refractivity contribution is -0.139. The SMILES string of the molecule is CCC(C)C(N=C1C(=O)Nc2ccccc21)C(=O)O. The highest BCUT2D eigenvalue weighted by atomic mass is 16.4. The van der Waals surface area contributed by atoms with Gasteiger partial charge < -0.3 is 10.4 Å². The third-order valence-corrected chi connectivity index (χ3v) is 3.35. The van der Waals surface area contributed by atoms with E-state index in [1.54, 1.807) is 18.2 Å². The van der Waals surface area contributed by atoms with Gasteiger partial charge in [0, 0.05) is 5.56 Å². The molecule has 2 atom stereocenters. The summed E-state index contributed by atoms with van der Waals surface area (Å²) in [5, 5.41) is 11.9. The molecule has 1 heterocycles. The third-order valence-electron chi connectivity index (χ3n) is 3.35. The summed E-state index contributed by atoms with van der Waals surface area (Å²) < 4.78 is 0. The second-order valence-electron chi connectivity index (χ2n) is 4.65. The standard InChI is InChI=1S/C14H16N2O3/c1-3-8(2)11(14(18)19)16-12-9-6-4-5-7-10(9)15-13(12)17/h4-8,11H,3H2,1-2H3,(H,18,19)(H,15,16,17). The molecule has 0 fully saturated rings. The van der Waals surface area contributed by atoms with Crippen LogP contribution in [0.1, 0.15) is 25.8 Å². The molecule has 5 heteroatoms. The van der Waals surface area contributed by atoms with Gasteiger partial charge in [0.1, 0.15) is 5.71 Å². The van der Waals surface area contributed by atoms with Crippen LogP contribution in [-0.2, 0) is 9.59 Å². The number of nitrogens with zero attached hydrogens (tertiary/aromatic N) is 1. The fourth-order valence-corrected chi connectivity index (χ4v) is 2.02. The molecule has 0 radical (unpaired) electrons. The predicted octanol–water partition coefficient (Wildman–Crippen LogP) is 1.93. The first-order valence-electron chi connectivity index (χ1n) is 6.26. The number of rotatable bonds is 4. The predicted molar refractivity (Wildman–Crippen MR) is 72.5 cm³/mol. The van der Waals surface area contributed by atoms with E-state index >= 15 is 0 Å². The number of carboxylic acids is 1. The van der Waals surface area contributed by atoms with Crippen LogP contribution < -0.4 is 5.32 Å². The normalized spacial score (nSPS) is 18.8. The number of carbonyl (C=O) groups excluding carboxylic acids is 1. The van der Waals surface area contributed by atoms with Crippen LogP contribution >= 0.6 is 0 Å². The van der Waals surface area contributed by atoms with Gasteiger partial charge >= 0.3 is 5.97 Å². The Hall–Kier alpha value is -2.17. The summed E-state index contributed by atoms with van der Waals surface area (Å²) in [6.45, 7) is 3.73. The minimum absolute atomic E-state index is 0.120. The smallest absolute Gasteiger partial charge is 0.328 e. The Morgan fingerprint density at radius 1 is 1.42 bits per heavy atom.